The highest BCUT2D eigenvalue weighted by atomic mass is 32.2. The van der Waals surface area contributed by atoms with Gasteiger partial charge < -0.3 is 4.74 Å². The Labute approximate surface area is 88.0 Å². The first-order valence-electron chi connectivity index (χ1n) is 4.02. The van der Waals surface area contributed by atoms with Gasteiger partial charge in [-0.1, -0.05) is 0 Å². The van der Waals surface area contributed by atoms with Crippen molar-refractivity contribution in [2.75, 3.05) is 19.9 Å². The highest BCUT2D eigenvalue weighted by Gasteiger charge is 2.12. The van der Waals surface area contributed by atoms with Gasteiger partial charge in [0, 0.05) is 13.7 Å². The Hall–Kier alpha value is -0.430. The van der Waals surface area contributed by atoms with Gasteiger partial charge in [0.25, 0.3) is 0 Å². The van der Waals surface area contributed by atoms with E-state index in [1.165, 1.54) is 0 Å². The highest BCUT2D eigenvalue weighted by molar-refractivity contribution is 7.88. The summed E-state index contributed by atoms with van der Waals surface area (Å²) in [5.74, 6) is 0. The largest absolute Gasteiger partial charge is 0.375 e. The van der Waals surface area contributed by atoms with Crippen LogP contribution in [0.5, 0.6) is 0 Å². The minimum absolute atomic E-state index is 0.212. The third kappa shape index (κ3) is 3.75. The van der Waals surface area contributed by atoms with Crippen LogP contribution < -0.4 is 4.72 Å². The SMILES string of the molecule is CO[C@H](CNS(C)(=O)=O)c1ccsc1. The van der Waals surface area contributed by atoms with Gasteiger partial charge in [-0.2, -0.15) is 11.3 Å². The third-order valence-electron chi connectivity index (χ3n) is 1.73. The molecule has 0 saturated carbocycles. The monoisotopic (exact) mass is 235 g/mol. The average molecular weight is 235 g/mol. The van der Waals surface area contributed by atoms with Crippen LogP contribution in [0.4, 0.5) is 0 Å². The van der Waals surface area contributed by atoms with Crippen LogP contribution >= 0.6 is 11.3 Å². The molecule has 0 aliphatic carbocycles. The summed E-state index contributed by atoms with van der Waals surface area (Å²) in [4.78, 5) is 0. The van der Waals surface area contributed by atoms with Gasteiger partial charge in [-0.05, 0) is 22.4 Å². The van der Waals surface area contributed by atoms with Crippen LogP contribution in [0, 0.1) is 0 Å². The molecule has 1 heterocycles. The molecule has 14 heavy (non-hydrogen) atoms. The van der Waals surface area contributed by atoms with Crippen LogP contribution in [-0.4, -0.2) is 28.3 Å². The molecule has 1 aromatic rings. The molecule has 6 heteroatoms. The maximum atomic E-state index is 10.9. The summed E-state index contributed by atoms with van der Waals surface area (Å²) in [5, 5.41) is 3.87. The topological polar surface area (TPSA) is 55.4 Å². The van der Waals surface area contributed by atoms with Crippen molar-refractivity contribution in [3.05, 3.63) is 22.4 Å². The van der Waals surface area contributed by atoms with E-state index in [4.69, 9.17) is 4.74 Å². The van der Waals surface area contributed by atoms with Crippen molar-refractivity contribution in [1.29, 1.82) is 0 Å². The molecule has 0 unspecified atom stereocenters. The van der Waals surface area contributed by atoms with Crippen LogP contribution in [-0.2, 0) is 14.8 Å². The molecule has 80 valence electrons. The molecule has 0 aliphatic heterocycles. The highest BCUT2D eigenvalue weighted by Crippen LogP contribution is 2.18. The van der Waals surface area contributed by atoms with Gasteiger partial charge in [-0.15, -0.1) is 0 Å². The molecule has 0 fully saturated rings. The third-order valence-corrected chi connectivity index (χ3v) is 3.12. The van der Waals surface area contributed by atoms with E-state index in [9.17, 15) is 8.42 Å². The minimum Gasteiger partial charge on any atom is -0.375 e. The van der Waals surface area contributed by atoms with Gasteiger partial charge >= 0.3 is 0 Å². The van der Waals surface area contributed by atoms with Gasteiger partial charge in [-0.3, -0.25) is 0 Å². The second-order valence-electron chi connectivity index (χ2n) is 2.90. The number of hydrogen-bond acceptors (Lipinski definition) is 4. The molecule has 1 rings (SSSR count). The zero-order valence-corrected chi connectivity index (χ0v) is 9.69. The lowest BCUT2D eigenvalue weighted by atomic mass is 10.2. The number of nitrogens with one attached hydrogen (secondary N) is 1. The molecule has 0 bridgehead atoms. The summed E-state index contributed by atoms with van der Waals surface area (Å²) in [6.07, 6.45) is 0.920. The van der Waals surface area contributed by atoms with Crippen LogP contribution in [0.2, 0.25) is 0 Å². The van der Waals surface area contributed by atoms with E-state index < -0.39 is 10.0 Å². The maximum absolute atomic E-state index is 10.9. The van der Waals surface area contributed by atoms with Crippen molar-refractivity contribution in [2.45, 2.75) is 6.10 Å². The van der Waals surface area contributed by atoms with E-state index in [0.29, 0.717) is 0 Å². The number of ether oxygens (including phenoxy) is 1. The zero-order valence-electron chi connectivity index (χ0n) is 8.06. The first kappa shape index (κ1) is 11.6. The predicted octanol–water partition coefficient (Wildman–Crippen LogP) is 0.985. The summed E-state index contributed by atoms with van der Waals surface area (Å²) in [7, 11) is -1.59. The van der Waals surface area contributed by atoms with Gasteiger partial charge in [0.15, 0.2) is 0 Å². The molecule has 0 aliphatic rings. The molecule has 0 radical (unpaired) electrons. The van der Waals surface area contributed by atoms with E-state index in [0.717, 1.165) is 11.8 Å². The van der Waals surface area contributed by atoms with Crippen LogP contribution in [0.3, 0.4) is 0 Å². The van der Waals surface area contributed by atoms with E-state index in [1.807, 2.05) is 16.8 Å². The predicted molar refractivity (Wildman–Crippen MR) is 56.9 cm³/mol. The number of hydrogen-bond donors (Lipinski definition) is 1. The lowest BCUT2D eigenvalue weighted by Crippen LogP contribution is -2.27. The van der Waals surface area contributed by atoms with Gasteiger partial charge in [0.2, 0.25) is 10.0 Å². The quantitative estimate of drug-likeness (QED) is 0.828. The van der Waals surface area contributed by atoms with Gasteiger partial charge in [0.05, 0.1) is 12.4 Å². The fraction of sp³-hybridized carbons (Fsp3) is 0.500. The fourth-order valence-electron chi connectivity index (χ4n) is 1.02. The summed E-state index contributed by atoms with van der Waals surface area (Å²) in [6, 6.07) is 1.92. The standard InChI is InChI=1S/C8H13NO3S2/c1-12-8(5-9-14(2,10)11)7-3-4-13-6-7/h3-4,6,8-9H,5H2,1-2H3/t8-/m1/s1. The lowest BCUT2D eigenvalue weighted by Gasteiger charge is -2.13. The fourth-order valence-corrected chi connectivity index (χ4v) is 2.18. The molecule has 4 nitrogen and oxygen atoms in total. The molecular weight excluding hydrogens is 222 g/mol. The Bertz CT molecular complexity index is 358. The lowest BCUT2D eigenvalue weighted by molar-refractivity contribution is 0.107. The molecule has 1 N–H and O–H groups in total. The number of rotatable bonds is 5. The van der Waals surface area contributed by atoms with Gasteiger partial charge in [-0.25, -0.2) is 13.1 Å². The molecule has 0 saturated heterocycles. The van der Waals surface area contributed by atoms with E-state index in [2.05, 4.69) is 4.72 Å². The van der Waals surface area contributed by atoms with Crippen molar-refractivity contribution in [2.24, 2.45) is 0 Å². The Morgan fingerprint density at radius 2 is 2.36 bits per heavy atom. The van der Waals surface area contributed by atoms with Gasteiger partial charge in [0.1, 0.15) is 0 Å². The second kappa shape index (κ2) is 4.88. The summed E-state index contributed by atoms with van der Waals surface area (Å²) in [5.41, 5.74) is 0.994. The van der Waals surface area contributed by atoms with Crippen LogP contribution in [0.1, 0.15) is 11.7 Å². The van der Waals surface area contributed by atoms with Crippen LogP contribution in [0.25, 0.3) is 0 Å². The molecule has 0 spiro atoms. The van der Waals surface area contributed by atoms with E-state index in [-0.39, 0.29) is 12.6 Å². The second-order valence-corrected chi connectivity index (χ2v) is 5.51. The van der Waals surface area contributed by atoms with Crippen LogP contribution in [0.15, 0.2) is 16.8 Å². The Morgan fingerprint density at radius 3 is 2.79 bits per heavy atom. The van der Waals surface area contributed by atoms with Crippen molar-refractivity contribution in [3.8, 4) is 0 Å². The minimum atomic E-state index is -3.15. The number of methoxy groups -OCH3 is 1. The number of thiophene rings is 1. The molecule has 1 aromatic heterocycles. The molecular formula is C8H13NO3S2. The Balaban J connectivity index is 2.57. The summed E-state index contributed by atoms with van der Waals surface area (Å²) < 4.78 is 29.3. The van der Waals surface area contributed by atoms with Crippen molar-refractivity contribution in [3.63, 3.8) is 0 Å². The van der Waals surface area contributed by atoms with Crippen molar-refractivity contribution < 1.29 is 13.2 Å². The van der Waals surface area contributed by atoms with E-state index in [1.54, 1.807) is 18.4 Å². The first-order valence-corrected chi connectivity index (χ1v) is 6.86. The first-order chi connectivity index (χ1) is 6.53. The Morgan fingerprint density at radius 1 is 1.64 bits per heavy atom. The smallest absolute Gasteiger partial charge is 0.208 e. The maximum Gasteiger partial charge on any atom is 0.208 e. The molecule has 1 atom stereocenters. The zero-order chi connectivity index (χ0) is 10.6. The normalized spacial score (nSPS) is 14.1. The van der Waals surface area contributed by atoms with Crippen molar-refractivity contribution in [1.82, 2.24) is 4.72 Å². The number of sulfonamides is 1. The van der Waals surface area contributed by atoms with E-state index >= 15 is 0 Å². The molecule has 0 aromatic carbocycles. The average Bonchev–Trinajstić information content (AvgIpc) is 2.56. The summed E-state index contributed by atoms with van der Waals surface area (Å²) in [6.45, 7) is 0.270. The summed E-state index contributed by atoms with van der Waals surface area (Å²) >= 11 is 1.56. The van der Waals surface area contributed by atoms with Crippen molar-refractivity contribution >= 4 is 21.4 Å². The Kier molecular flexibility index (Phi) is 4.06. The molecule has 0 amide bonds.